The van der Waals surface area contributed by atoms with Crippen molar-refractivity contribution in [2.45, 2.75) is 20.0 Å². The molecule has 3 aromatic carbocycles. The van der Waals surface area contributed by atoms with Crippen molar-refractivity contribution in [3.8, 4) is 11.5 Å². The zero-order valence-electron chi connectivity index (χ0n) is 19.0. The van der Waals surface area contributed by atoms with Crippen molar-refractivity contribution >= 4 is 39.6 Å². The number of methoxy groups -OCH3 is 1. The monoisotopic (exact) mass is 523 g/mol. The summed E-state index contributed by atoms with van der Waals surface area (Å²) in [6.45, 7) is 2.72. The van der Waals surface area contributed by atoms with E-state index in [-0.39, 0.29) is 11.9 Å². The lowest BCUT2D eigenvalue weighted by atomic mass is 10.1. The molecule has 0 aliphatic rings. The fourth-order valence-electron chi connectivity index (χ4n) is 3.03. The van der Waals surface area contributed by atoms with Crippen LogP contribution in [0.4, 0.5) is 5.69 Å². The lowest BCUT2D eigenvalue weighted by Gasteiger charge is -2.13. The molecule has 0 bridgehead atoms. The standard InChI is InChI=1S/C27H26BrNO5/c1-3-15-33-27(31)21-10-12-22(13-11-21)29-25(30)14-9-20-16-23(28)26(24(17-20)32-2)34-18-19-7-5-4-6-8-19/h4-14,16-17H,3,15,18H2,1-2H3,(H,29,30)/b14-9+. The molecule has 0 aliphatic carbocycles. The highest BCUT2D eigenvalue weighted by Gasteiger charge is 2.12. The van der Waals surface area contributed by atoms with Crippen molar-refractivity contribution in [2.24, 2.45) is 0 Å². The third-order valence-electron chi connectivity index (χ3n) is 4.73. The number of amides is 1. The van der Waals surface area contributed by atoms with E-state index in [2.05, 4.69) is 21.2 Å². The van der Waals surface area contributed by atoms with E-state index >= 15 is 0 Å². The van der Waals surface area contributed by atoms with Gasteiger partial charge in [0.25, 0.3) is 0 Å². The van der Waals surface area contributed by atoms with Crippen LogP contribution in [0.25, 0.3) is 6.08 Å². The summed E-state index contributed by atoms with van der Waals surface area (Å²) in [5.41, 5.74) is 2.82. The van der Waals surface area contributed by atoms with Crippen molar-refractivity contribution in [1.29, 1.82) is 0 Å². The highest BCUT2D eigenvalue weighted by atomic mass is 79.9. The van der Waals surface area contributed by atoms with Gasteiger partial charge in [-0.3, -0.25) is 4.79 Å². The lowest BCUT2D eigenvalue weighted by Crippen LogP contribution is -2.09. The van der Waals surface area contributed by atoms with Crippen LogP contribution in [0.3, 0.4) is 0 Å². The van der Waals surface area contributed by atoms with Crippen LogP contribution in [0.1, 0.15) is 34.8 Å². The SMILES string of the molecule is CCCOC(=O)c1ccc(NC(=O)/C=C/c2cc(Br)c(OCc3ccccc3)c(OC)c2)cc1. The molecule has 7 heteroatoms. The van der Waals surface area contributed by atoms with Gasteiger partial charge in [0.05, 0.1) is 23.8 Å². The van der Waals surface area contributed by atoms with Gasteiger partial charge < -0.3 is 19.5 Å². The summed E-state index contributed by atoms with van der Waals surface area (Å²) in [7, 11) is 1.57. The number of hydrogen-bond donors (Lipinski definition) is 1. The Balaban J connectivity index is 1.62. The number of benzene rings is 3. The summed E-state index contributed by atoms with van der Waals surface area (Å²) >= 11 is 3.53. The largest absolute Gasteiger partial charge is 0.493 e. The Hall–Kier alpha value is -3.58. The molecule has 1 N–H and O–H groups in total. The van der Waals surface area contributed by atoms with Crippen molar-refractivity contribution in [2.75, 3.05) is 19.0 Å². The van der Waals surface area contributed by atoms with Crippen molar-refractivity contribution in [1.82, 2.24) is 0 Å². The minimum atomic E-state index is -0.379. The number of carbonyl (C=O) groups excluding carboxylic acids is 2. The average Bonchev–Trinajstić information content (AvgIpc) is 2.86. The number of nitrogens with one attached hydrogen (secondary N) is 1. The highest BCUT2D eigenvalue weighted by Crippen LogP contribution is 2.37. The van der Waals surface area contributed by atoms with Crippen molar-refractivity contribution in [3.05, 3.63) is 94.0 Å². The second-order valence-corrected chi connectivity index (χ2v) is 8.20. The second-order valence-electron chi connectivity index (χ2n) is 7.34. The van der Waals surface area contributed by atoms with E-state index in [1.54, 1.807) is 43.5 Å². The predicted molar refractivity (Wildman–Crippen MR) is 136 cm³/mol. The molecular formula is C27H26BrNO5. The number of hydrogen-bond acceptors (Lipinski definition) is 5. The first kappa shape index (κ1) is 25.1. The molecule has 0 saturated heterocycles. The fourth-order valence-corrected chi connectivity index (χ4v) is 3.60. The van der Waals surface area contributed by atoms with Gasteiger partial charge in [0, 0.05) is 11.8 Å². The molecule has 0 atom stereocenters. The molecule has 0 fully saturated rings. The van der Waals surface area contributed by atoms with E-state index in [0.717, 1.165) is 17.5 Å². The normalized spacial score (nSPS) is 10.7. The Bertz CT molecular complexity index is 1140. The van der Waals surface area contributed by atoms with Gasteiger partial charge >= 0.3 is 5.97 Å². The molecule has 3 rings (SSSR count). The van der Waals surface area contributed by atoms with Crippen LogP contribution in [0.15, 0.2) is 77.3 Å². The first-order valence-electron chi connectivity index (χ1n) is 10.8. The molecule has 0 aromatic heterocycles. The Labute approximate surface area is 207 Å². The Morgan fingerprint density at radius 2 is 1.76 bits per heavy atom. The molecule has 0 spiro atoms. The minimum absolute atomic E-state index is 0.305. The number of carbonyl (C=O) groups is 2. The van der Waals surface area contributed by atoms with Crippen LogP contribution < -0.4 is 14.8 Å². The summed E-state index contributed by atoms with van der Waals surface area (Å²) in [5, 5.41) is 2.77. The first-order chi connectivity index (χ1) is 16.5. The number of ether oxygens (including phenoxy) is 3. The highest BCUT2D eigenvalue weighted by molar-refractivity contribution is 9.10. The Kier molecular flexibility index (Phi) is 9.29. The molecule has 0 aliphatic heterocycles. The van der Waals surface area contributed by atoms with Crippen molar-refractivity contribution in [3.63, 3.8) is 0 Å². The van der Waals surface area contributed by atoms with Crippen LogP contribution in [0, 0.1) is 0 Å². The maximum atomic E-state index is 12.4. The van der Waals surface area contributed by atoms with Crippen LogP contribution in [-0.2, 0) is 16.1 Å². The number of halogens is 1. The maximum Gasteiger partial charge on any atom is 0.338 e. The number of rotatable bonds is 10. The van der Waals surface area contributed by atoms with Gasteiger partial charge in [0.2, 0.25) is 5.91 Å². The molecule has 1 amide bonds. The number of anilines is 1. The van der Waals surface area contributed by atoms with Crippen LogP contribution >= 0.6 is 15.9 Å². The van der Waals surface area contributed by atoms with Gasteiger partial charge in [-0.2, -0.15) is 0 Å². The molecule has 0 heterocycles. The summed E-state index contributed by atoms with van der Waals surface area (Å²) < 4.78 is 17.2. The number of esters is 1. The summed E-state index contributed by atoms with van der Waals surface area (Å²) in [6.07, 6.45) is 3.87. The van der Waals surface area contributed by atoms with E-state index in [0.29, 0.717) is 40.4 Å². The van der Waals surface area contributed by atoms with Gasteiger partial charge in [-0.1, -0.05) is 37.3 Å². The van der Waals surface area contributed by atoms with Crippen LogP contribution in [-0.4, -0.2) is 25.6 Å². The van der Waals surface area contributed by atoms with Crippen LogP contribution in [0.2, 0.25) is 0 Å². The van der Waals surface area contributed by atoms with E-state index in [1.807, 2.05) is 43.3 Å². The molecule has 34 heavy (non-hydrogen) atoms. The molecule has 3 aromatic rings. The van der Waals surface area contributed by atoms with Gasteiger partial charge in [0.1, 0.15) is 6.61 Å². The zero-order chi connectivity index (χ0) is 24.3. The van der Waals surface area contributed by atoms with E-state index in [4.69, 9.17) is 14.2 Å². The Morgan fingerprint density at radius 1 is 1.03 bits per heavy atom. The zero-order valence-corrected chi connectivity index (χ0v) is 20.6. The Morgan fingerprint density at radius 3 is 2.44 bits per heavy atom. The van der Waals surface area contributed by atoms with E-state index in [1.165, 1.54) is 6.08 Å². The van der Waals surface area contributed by atoms with Gasteiger partial charge in [0.15, 0.2) is 11.5 Å². The lowest BCUT2D eigenvalue weighted by molar-refractivity contribution is -0.111. The summed E-state index contributed by atoms with van der Waals surface area (Å²) in [4.78, 5) is 24.2. The molecule has 0 unspecified atom stereocenters. The molecule has 0 saturated carbocycles. The van der Waals surface area contributed by atoms with E-state index < -0.39 is 0 Å². The van der Waals surface area contributed by atoms with Gasteiger partial charge in [-0.05, 0) is 76.0 Å². The molecular weight excluding hydrogens is 498 g/mol. The summed E-state index contributed by atoms with van der Waals surface area (Å²) in [5.74, 6) is 0.456. The van der Waals surface area contributed by atoms with Gasteiger partial charge in [-0.25, -0.2) is 4.79 Å². The topological polar surface area (TPSA) is 73.9 Å². The van der Waals surface area contributed by atoms with E-state index in [9.17, 15) is 9.59 Å². The quantitative estimate of drug-likeness (QED) is 0.251. The molecule has 6 nitrogen and oxygen atoms in total. The van der Waals surface area contributed by atoms with Gasteiger partial charge in [-0.15, -0.1) is 0 Å². The smallest absolute Gasteiger partial charge is 0.338 e. The third-order valence-corrected chi connectivity index (χ3v) is 5.32. The maximum absolute atomic E-state index is 12.4. The second kappa shape index (κ2) is 12.6. The molecule has 0 radical (unpaired) electrons. The molecule has 176 valence electrons. The fraction of sp³-hybridized carbons (Fsp3) is 0.185. The third kappa shape index (κ3) is 7.22. The predicted octanol–water partition coefficient (Wildman–Crippen LogP) is 6.26. The van der Waals surface area contributed by atoms with Crippen molar-refractivity contribution < 1.29 is 23.8 Å². The average molecular weight is 524 g/mol. The first-order valence-corrected chi connectivity index (χ1v) is 11.6. The minimum Gasteiger partial charge on any atom is -0.493 e. The summed E-state index contributed by atoms with van der Waals surface area (Å²) in [6, 6.07) is 20.1. The van der Waals surface area contributed by atoms with Crippen LogP contribution in [0.5, 0.6) is 11.5 Å².